The lowest BCUT2D eigenvalue weighted by Gasteiger charge is -2.23. The van der Waals surface area contributed by atoms with Crippen molar-refractivity contribution < 1.29 is 28.6 Å². The third-order valence-corrected chi connectivity index (χ3v) is 4.99. The summed E-state index contributed by atoms with van der Waals surface area (Å²) in [5.74, 6) is 0.714. The molecule has 8 nitrogen and oxygen atoms in total. The summed E-state index contributed by atoms with van der Waals surface area (Å²) in [6.45, 7) is 2.79. The van der Waals surface area contributed by atoms with Crippen molar-refractivity contribution in [1.29, 1.82) is 0 Å². The molecule has 8 heteroatoms. The molecule has 1 saturated heterocycles. The zero-order valence-corrected chi connectivity index (χ0v) is 15.5. The van der Waals surface area contributed by atoms with Crippen molar-refractivity contribution in [1.82, 2.24) is 5.32 Å². The van der Waals surface area contributed by atoms with Crippen molar-refractivity contribution in [2.75, 3.05) is 31.2 Å². The lowest BCUT2D eigenvalue weighted by atomic mass is 10.0. The Kier molecular flexibility index (Phi) is 4.72. The molecule has 0 aliphatic carbocycles. The molecule has 28 heavy (non-hydrogen) atoms. The first-order valence-corrected chi connectivity index (χ1v) is 9.18. The van der Waals surface area contributed by atoms with Gasteiger partial charge in [-0.15, -0.1) is 0 Å². The molecule has 0 spiro atoms. The second-order valence-electron chi connectivity index (χ2n) is 7.20. The minimum atomic E-state index is -1.32. The van der Waals surface area contributed by atoms with Gasteiger partial charge in [-0.1, -0.05) is 0 Å². The number of hydrogen-bond donors (Lipinski definition) is 2. The van der Waals surface area contributed by atoms with E-state index in [9.17, 15) is 14.7 Å². The molecule has 1 aromatic carbocycles. The van der Waals surface area contributed by atoms with Gasteiger partial charge >= 0.3 is 0 Å². The molecule has 0 bridgehead atoms. The summed E-state index contributed by atoms with van der Waals surface area (Å²) in [5, 5.41) is 13.2. The van der Waals surface area contributed by atoms with E-state index in [0.29, 0.717) is 36.2 Å². The number of carbonyl (C=O) groups is 2. The number of rotatable bonds is 5. The molecule has 2 amide bonds. The lowest BCUT2D eigenvalue weighted by molar-refractivity contribution is -0.127. The van der Waals surface area contributed by atoms with Crippen LogP contribution < -0.4 is 19.7 Å². The zero-order chi connectivity index (χ0) is 19.7. The number of fused-ring (bicyclic) bond motifs is 1. The summed E-state index contributed by atoms with van der Waals surface area (Å²) in [6, 6.07) is 8.63. The molecule has 0 saturated carbocycles. The Bertz CT molecular complexity index is 877. The van der Waals surface area contributed by atoms with Crippen LogP contribution in [0.3, 0.4) is 0 Å². The number of furan rings is 1. The van der Waals surface area contributed by atoms with Crippen LogP contribution >= 0.6 is 0 Å². The fraction of sp³-hybridized carbons (Fsp3) is 0.400. The van der Waals surface area contributed by atoms with Crippen LogP contribution in [0.2, 0.25) is 0 Å². The van der Waals surface area contributed by atoms with Crippen molar-refractivity contribution in [2.45, 2.75) is 18.9 Å². The fourth-order valence-corrected chi connectivity index (χ4v) is 3.41. The Morgan fingerprint density at radius 3 is 2.82 bits per heavy atom. The summed E-state index contributed by atoms with van der Waals surface area (Å²) in [7, 11) is 0. The standard InChI is InChI=1S/C20H22N2O6/c1-20(25,17-3-2-6-28-17)12-21-19(24)13-9-18(23)22(11-13)14-4-5-15-16(10-14)27-8-7-26-15/h2-6,10,13,25H,7-9,11-12H2,1H3,(H,21,24)/t13-,20+/m0/s1. The van der Waals surface area contributed by atoms with Crippen LogP contribution in [0.25, 0.3) is 0 Å². The molecule has 2 N–H and O–H groups in total. The number of nitrogens with zero attached hydrogens (tertiary/aromatic N) is 1. The fourth-order valence-electron chi connectivity index (χ4n) is 3.41. The average Bonchev–Trinajstić information content (AvgIpc) is 3.36. The second-order valence-corrected chi connectivity index (χ2v) is 7.20. The van der Waals surface area contributed by atoms with Crippen molar-refractivity contribution in [3.63, 3.8) is 0 Å². The van der Waals surface area contributed by atoms with Gasteiger partial charge < -0.3 is 29.2 Å². The molecular weight excluding hydrogens is 364 g/mol. The third kappa shape index (κ3) is 3.55. The van der Waals surface area contributed by atoms with Crippen LogP contribution in [0.15, 0.2) is 41.0 Å². The monoisotopic (exact) mass is 386 g/mol. The number of benzene rings is 1. The minimum Gasteiger partial charge on any atom is -0.486 e. The summed E-state index contributed by atoms with van der Waals surface area (Å²) in [5.41, 5.74) is -0.649. The Morgan fingerprint density at radius 2 is 2.07 bits per heavy atom. The molecule has 2 aromatic rings. The smallest absolute Gasteiger partial charge is 0.227 e. The number of nitrogens with one attached hydrogen (secondary N) is 1. The van der Waals surface area contributed by atoms with Gasteiger partial charge in [-0.25, -0.2) is 0 Å². The van der Waals surface area contributed by atoms with Gasteiger partial charge in [-0.05, 0) is 31.2 Å². The highest BCUT2D eigenvalue weighted by Crippen LogP contribution is 2.36. The van der Waals surface area contributed by atoms with E-state index in [0.717, 1.165) is 0 Å². The number of anilines is 1. The Hall–Kier alpha value is -3.00. The van der Waals surface area contributed by atoms with Crippen LogP contribution in [0.5, 0.6) is 11.5 Å². The van der Waals surface area contributed by atoms with E-state index in [2.05, 4.69) is 5.32 Å². The van der Waals surface area contributed by atoms with Crippen molar-refractivity contribution >= 4 is 17.5 Å². The van der Waals surface area contributed by atoms with E-state index >= 15 is 0 Å². The molecule has 3 heterocycles. The van der Waals surface area contributed by atoms with Gasteiger partial charge in [0.25, 0.3) is 0 Å². The second kappa shape index (κ2) is 7.20. The molecule has 1 fully saturated rings. The molecular formula is C20H22N2O6. The van der Waals surface area contributed by atoms with E-state index in [1.165, 1.54) is 6.26 Å². The number of carbonyl (C=O) groups excluding carboxylic acids is 2. The van der Waals surface area contributed by atoms with Crippen LogP contribution in [0, 0.1) is 5.92 Å². The number of amides is 2. The van der Waals surface area contributed by atoms with Crippen molar-refractivity contribution in [3.05, 3.63) is 42.4 Å². The maximum absolute atomic E-state index is 12.5. The Labute approximate surface area is 162 Å². The molecule has 0 radical (unpaired) electrons. The van der Waals surface area contributed by atoms with E-state index in [1.807, 2.05) is 0 Å². The van der Waals surface area contributed by atoms with Gasteiger partial charge in [-0.3, -0.25) is 9.59 Å². The van der Waals surface area contributed by atoms with Gasteiger partial charge in [0.1, 0.15) is 24.6 Å². The first-order valence-electron chi connectivity index (χ1n) is 9.18. The Morgan fingerprint density at radius 1 is 1.29 bits per heavy atom. The van der Waals surface area contributed by atoms with Gasteiger partial charge in [0.15, 0.2) is 11.5 Å². The molecule has 148 valence electrons. The number of ether oxygens (including phenoxy) is 2. The van der Waals surface area contributed by atoms with Gasteiger partial charge in [0, 0.05) is 24.7 Å². The highest BCUT2D eigenvalue weighted by molar-refractivity contribution is 6.00. The van der Waals surface area contributed by atoms with Gasteiger partial charge in [-0.2, -0.15) is 0 Å². The maximum atomic E-state index is 12.5. The SMILES string of the molecule is C[C@@](O)(CNC(=O)[C@H]1CC(=O)N(c2ccc3c(c2)OCCO3)C1)c1ccco1. The van der Waals surface area contributed by atoms with Gasteiger partial charge in [0.05, 0.1) is 18.7 Å². The van der Waals surface area contributed by atoms with Crippen molar-refractivity contribution in [2.24, 2.45) is 5.92 Å². The predicted molar refractivity (Wildman–Crippen MR) is 99.2 cm³/mol. The topological polar surface area (TPSA) is 101 Å². The number of aliphatic hydroxyl groups is 1. The zero-order valence-electron chi connectivity index (χ0n) is 15.5. The molecule has 0 unspecified atom stereocenters. The van der Waals surface area contributed by atoms with Crippen molar-refractivity contribution in [3.8, 4) is 11.5 Å². The predicted octanol–water partition coefficient (Wildman–Crippen LogP) is 1.43. The van der Waals surface area contributed by atoms with Crippen LogP contribution in [0.4, 0.5) is 5.69 Å². The van der Waals surface area contributed by atoms with E-state index < -0.39 is 11.5 Å². The normalized spacial score (nSPS) is 20.7. The largest absolute Gasteiger partial charge is 0.486 e. The average molecular weight is 386 g/mol. The lowest BCUT2D eigenvalue weighted by Crippen LogP contribution is -2.41. The van der Waals surface area contributed by atoms with Crippen LogP contribution in [-0.2, 0) is 15.2 Å². The van der Waals surface area contributed by atoms with Crippen LogP contribution in [0.1, 0.15) is 19.1 Å². The first kappa shape index (κ1) is 18.4. The molecule has 4 rings (SSSR count). The highest BCUT2D eigenvalue weighted by Gasteiger charge is 2.36. The van der Waals surface area contributed by atoms with E-state index in [4.69, 9.17) is 13.9 Å². The minimum absolute atomic E-state index is 0.00589. The summed E-state index contributed by atoms with van der Waals surface area (Å²) >= 11 is 0. The van der Waals surface area contributed by atoms with Gasteiger partial charge in [0.2, 0.25) is 11.8 Å². The first-order chi connectivity index (χ1) is 13.4. The molecule has 1 aromatic heterocycles. The quantitative estimate of drug-likeness (QED) is 0.806. The third-order valence-electron chi connectivity index (χ3n) is 4.99. The van der Waals surface area contributed by atoms with E-state index in [1.54, 1.807) is 42.2 Å². The maximum Gasteiger partial charge on any atom is 0.227 e. The Balaban J connectivity index is 1.39. The molecule has 2 aliphatic heterocycles. The van der Waals surface area contributed by atoms with E-state index in [-0.39, 0.29) is 31.3 Å². The number of hydrogen-bond acceptors (Lipinski definition) is 6. The molecule has 2 atom stereocenters. The summed E-state index contributed by atoms with van der Waals surface area (Å²) < 4.78 is 16.3. The van der Waals surface area contributed by atoms with Crippen LogP contribution in [-0.4, -0.2) is 43.2 Å². The highest BCUT2D eigenvalue weighted by atomic mass is 16.6. The summed E-state index contributed by atoms with van der Waals surface area (Å²) in [6.07, 6.45) is 1.58. The summed E-state index contributed by atoms with van der Waals surface area (Å²) in [4.78, 5) is 26.6. The molecule has 2 aliphatic rings.